The highest BCUT2D eigenvalue weighted by Crippen LogP contribution is 1.74. The molecule has 0 saturated heterocycles. The van der Waals surface area contributed by atoms with E-state index in [1.54, 1.807) is 0 Å². The van der Waals surface area contributed by atoms with Crippen molar-refractivity contribution in [2.75, 3.05) is 6.54 Å². The van der Waals surface area contributed by atoms with Gasteiger partial charge in [-0.2, -0.15) is 0 Å². The van der Waals surface area contributed by atoms with Gasteiger partial charge in [0.2, 0.25) is 6.41 Å². The zero-order chi connectivity index (χ0) is 8.41. The Morgan fingerprint density at radius 2 is 2.00 bits per heavy atom. The number of hydrogen-bond donors (Lipinski definition) is 1. The second kappa shape index (κ2) is 11.0. The largest absolute Gasteiger partial charge is 0.358 e. The Labute approximate surface area is 61.8 Å². The van der Waals surface area contributed by atoms with Crippen LogP contribution in [0, 0.1) is 0 Å². The summed E-state index contributed by atoms with van der Waals surface area (Å²) in [6.45, 7) is 5.95. The average Bonchev–Trinajstić information content (AvgIpc) is 1.92. The fraction of sp³-hybridized carbons (Fsp3) is 0.714. The minimum Gasteiger partial charge on any atom is -0.358 e. The van der Waals surface area contributed by atoms with E-state index in [2.05, 4.69) is 5.32 Å². The summed E-state index contributed by atoms with van der Waals surface area (Å²) < 4.78 is 0. The van der Waals surface area contributed by atoms with Crippen LogP contribution in [0.1, 0.15) is 27.2 Å². The van der Waals surface area contributed by atoms with Crippen LogP contribution in [0.5, 0.6) is 0 Å². The number of ketones is 1. The zero-order valence-corrected chi connectivity index (χ0v) is 6.81. The predicted octanol–water partition coefficient (Wildman–Crippen LogP) is 0.738. The van der Waals surface area contributed by atoms with Gasteiger partial charge in [0.25, 0.3) is 0 Å². The molecule has 0 bridgehead atoms. The molecule has 0 aromatic heterocycles. The molecule has 0 heterocycles. The molecule has 0 aromatic carbocycles. The van der Waals surface area contributed by atoms with Gasteiger partial charge in [0.15, 0.2) is 0 Å². The molecule has 0 aliphatic carbocycles. The Morgan fingerprint density at radius 3 is 2.30 bits per heavy atom. The van der Waals surface area contributed by atoms with Gasteiger partial charge in [0.1, 0.15) is 5.78 Å². The average molecular weight is 145 g/mol. The zero-order valence-electron chi connectivity index (χ0n) is 6.81. The fourth-order valence-electron chi connectivity index (χ4n) is 0.307. The fourth-order valence-corrected chi connectivity index (χ4v) is 0.307. The van der Waals surface area contributed by atoms with E-state index >= 15 is 0 Å². The van der Waals surface area contributed by atoms with Gasteiger partial charge in [-0.3, -0.25) is 9.59 Å². The molecule has 1 N–H and O–H groups in total. The van der Waals surface area contributed by atoms with Crippen molar-refractivity contribution in [1.82, 2.24) is 5.32 Å². The summed E-state index contributed by atoms with van der Waals surface area (Å²) in [5.41, 5.74) is 0. The van der Waals surface area contributed by atoms with Crippen LogP contribution in [-0.4, -0.2) is 18.7 Å². The van der Waals surface area contributed by atoms with Gasteiger partial charge in [-0.1, -0.05) is 13.8 Å². The lowest BCUT2D eigenvalue weighted by molar-refractivity contribution is -0.117. The summed E-state index contributed by atoms with van der Waals surface area (Å²) in [5, 5.41) is 2.38. The van der Waals surface area contributed by atoms with E-state index in [9.17, 15) is 9.59 Å². The van der Waals surface area contributed by atoms with Crippen LogP contribution < -0.4 is 5.32 Å². The molecule has 60 valence electrons. The molecule has 0 radical (unpaired) electrons. The van der Waals surface area contributed by atoms with E-state index in [-0.39, 0.29) is 5.78 Å². The minimum absolute atomic E-state index is 0.0966. The predicted molar refractivity (Wildman–Crippen MR) is 40.7 cm³/mol. The maximum absolute atomic E-state index is 10.2. The number of nitrogens with one attached hydrogen (secondary N) is 1. The molecule has 0 saturated carbocycles. The first-order valence-corrected chi connectivity index (χ1v) is 3.44. The van der Waals surface area contributed by atoms with Crippen molar-refractivity contribution in [3.8, 4) is 0 Å². The van der Waals surface area contributed by atoms with Gasteiger partial charge in [0.05, 0.1) is 0 Å². The first-order valence-electron chi connectivity index (χ1n) is 3.44. The van der Waals surface area contributed by atoms with Gasteiger partial charge in [-0.15, -0.1) is 0 Å². The molecule has 3 heteroatoms. The lowest BCUT2D eigenvalue weighted by Gasteiger charge is -1.90. The molecule has 0 aliphatic rings. The molecular formula is C7H15NO2. The smallest absolute Gasteiger partial charge is 0.207 e. The molecule has 0 spiro atoms. The molecule has 0 rings (SSSR count). The molecule has 0 unspecified atom stereocenters. The number of Topliss-reactive ketones (excluding diaryl/α,β-unsaturated/α-hetero) is 1. The van der Waals surface area contributed by atoms with Crippen molar-refractivity contribution in [2.45, 2.75) is 27.2 Å². The first kappa shape index (κ1) is 11.9. The molecule has 0 aliphatic heterocycles. The van der Waals surface area contributed by atoms with Crippen molar-refractivity contribution in [3.63, 3.8) is 0 Å². The number of hydrogen-bond acceptors (Lipinski definition) is 2. The molecular weight excluding hydrogens is 130 g/mol. The van der Waals surface area contributed by atoms with Crippen molar-refractivity contribution in [3.05, 3.63) is 0 Å². The number of rotatable bonds is 4. The maximum atomic E-state index is 10.2. The summed E-state index contributed by atoms with van der Waals surface area (Å²) >= 11 is 0. The second-order valence-electron chi connectivity index (χ2n) is 1.52. The normalized spacial score (nSPS) is 7.10. The summed E-state index contributed by atoms with van der Waals surface area (Å²) in [4.78, 5) is 19.7. The molecule has 10 heavy (non-hydrogen) atoms. The van der Waals surface area contributed by atoms with Gasteiger partial charge < -0.3 is 5.32 Å². The highest BCUT2D eigenvalue weighted by molar-refractivity contribution is 5.75. The third-order valence-corrected chi connectivity index (χ3v) is 0.705. The van der Waals surface area contributed by atoms with Gasteiger partial charge in [-0.25, -0.2) is 0 Å². The van der Waals surface area contributed by atoms with E-state index in [0.717, 1.165) is 0 Å². The molecule has 3 nitrogen and oxygen atoms in total. The highest BCUT2D eigenvalue weighted by Gasteiger charge is 1.88. The molecule has 0 atom stereocenters. The van der Waals surface area contributed by atoms with Crippen molar-refractivity contribution < 1.29 is 9.59 Å². The molecule has 0 aromatic rings. The van der Waals surface area contributed by atoms with Crippen LogP contribution in [0.15, 0.2) is 0 Å². The molecule has 0 fully saturated rings. The Hall–Kier alpha value is -0.860. The van der Waals surface area contributed by atoms with E-state index < -0.39 is 0 Å². The number of carbonyl (C=O) groups excluding carboxylic acids is 2. The Morgan fingerprint density at radius 1 is 1.50 bits per heavy atom. The van der Waals surface area contributed by atoms with Gasteiger partial charge >= 0.3 is 0 Å². The summed E-state index contributed by atoms with van der Waals surface area (Å²) in [6.07, 6.45) is 1.02. The lowest BCUT2D eigenvalue weighted by Crippen LogP contribution is -2.14. The third-order valence-electron chi connectivity index (χ3n) is 0.705. The number of carbonyl (C=O) groups is 2. The standard InChI is InChI=1S/C5H9NO2.C2H6/c1-5(8)2-3-6-4-7;1-2/h4H,2-3H2,1H3,(H,6,7);1-2H3. The van der Waals surface area contributed by atoms with E-state index in [1.165, 1.54) is 6.92 Å². The monoisotopic (exact) mass is 145 g/mol. The Balaban J connectivity index is 0. The van der Waals surface area contributed by atoms with Crippen molar-refractivity contribution in [1.29, 1.82) is 0 Å². The maximum Gasteiger partial charge on any atom is 0.207 e. The van der Waals surface area contributed by atoms with Gasteiger partial charge in [-0.05, 0) is 6.92 Å². The topological polar surface area (TPSA) is 46.2 Å². The van der Waals surface area contributed by atoms with Crippen molar-refractivity contribution in [2.24, 2.45) is 0 Å². The summed E-state index contributed by atoms with van der Waals surface area (Å²) in [7, 11) is 0. The Kier molecular flexibility index (Phi) is 13.1. The van der Waals surface area contributed by atoms with E-state index in [4.69, 9.17) is 0 Å². The van der Waals surface area contributed by atoms with Crippen LogP contribution in [0.3, 0.4) is 0 Å². The van der Waals surface area contributed by atoms with Crippen LogP contribution in [0.2, 0.25) is 0 Å². The van der Waals surface area contributed by atoms with E-state index in [1.807, 2.05) is 13.8 Å². The first-order chi connectivity index (χ1) is 4.77. The number of amides is 1. The van der Waals surface area contributed by atoms with Crippen LogP contribution in [-0.2, 0) is 9.59 Å². The van der Waals surface area contributed by atoms with Crippen molar-refractivity contribution >= 4 is 12.2 Å². The van der Waals surface area contributed by atoms with Crippen LogP contribution >= 0.6 is 0 Å². The SMILES string of the molecule is CC.CC(=O)CCNC=O. The summed E-state index contributed by atoms with van der Waals surface area (Å²) in [5.74, 6) is 0.0966. The third kappa shape index (κ3) is 15.7. The lowest BCUT2D eigenvalue weighted by atomic mass is 10.3. The highest BCUT2D eigenvalue weighted by atomic mass is 16.1. The Bertz CT molecular complexity index is 91.6. The minimum atomic E-state index is 0.0966. The quantitative estimate of drug-likeness (QED) is 0.468. The van der Waals surface area contributed by atoms with Gasteiger partial charge in [0, 0.05) is 13.0 Å². The summed E-state index contributed by atoms with van der Waals surface area (Å²) in [6, 6.07) is 0. The van der Waals surface area contributed by atoms with Crippen LogP contribution in [0.25, 0.3) is 0 Å². The van der Waals surface area contributed by atoms with E-state index in [0.29, 0.717) is 19.4 Å². The molecule has 1 amide bonds. The van der Waals surface area contributed by atoms with Crippen LogP contribution in [0.4, 0.5) is 0 Å². The second-order valence-corrected chi connectivity index (χ2v) is 1.52.